The predicted octanol–water partition coefficient (Wildman–Crippen LogP) is 6.09. The van der Waals surface area contributed by atoms with Crippen LogP contribution < -0.4 is 10.5 Å². The average molecular weight is 680 g/mol. The van der Waals surface area contributed by atoms with Crippen molar-refractivity contribution in [3.8, 4) is 5.75 Å². The van der Waals surface area contributed by atoms with Crippen LogP contribution >= 0.6 is 26.5 Å². The van der Waals surface area contributed by atoms with Crippen molar-refractivity contribution < 1.29 is 54.7 Å². The molecule has 0 amide bonds. The Hall–Kier alpha value is -2.36. The first-order valence-electron chi connectivity index (χ1n) is 12.6. The second-order valence-corrected chi connectivity index (χ2v) is 15.6. The Bertz CT molecular complexity index is 1450. The lowest BCUT2D eigenvalue weighted by Gasteiger charge is -2.30. The molecule has 11 nitrogen and oxygen atoms in total. The summed E-state index contributed by atoms with van der Waals surface area (Å²) in [5, 5.41) is 0.322. The van der Waals surface area contributed by atoms with Gasteiger partial charge in [-0.25, -0.2) is 9.97 Å². The van der Waals surface area contributed by atoms with Crippen LogP contribution in [0, 0.1) is 0 Å². The van der Waals surface area contributed by atoms with E-state index in [-0.39, 0.29) is 17.1 Å². The molecule has 4 N–H and O–H groups in total. The molecule has 0 radical (unpaired) electrons. The van der Waals surface area contributed by atoms with Gasteiger partial charge in [0.1, 0.15) is 28.6 Å². The largest absolute Gasteiger partial charge is 0.494 e. The first kappa shape index (κ1) is 35.1. The lowest BCUT2D eigenvalue weighted by Crippen LogP contribution is -2.30. The van der Waals surface area contributed by atoms with Gasteiger partial charge in [0, 0.05) is 4.90 Å². The molecule has 43 heavy (non-hydrogen) atoms. The fraction of sp³-hybridized carbons (Fsp3) is 0.522. The summed E-state index contributed by atoms with van der Waals surface area (Å²) in [6.45, 7) is 3.34. The number of benzene rings is 1. The molecule has 240 valence electrons. The molecule has 2 heterocycles. The van der Waals surface area contributed by atoms with E-state index in [0.29, 0.717) is 17.4 Å². The number of imidazole rings is 1. The van der Waals surface area contributed by atoms with Crippen LogP contribution in [0.1, 0.15) is 26.7 Å². The van der Waals surface area contributed by atoms with Crippen LogP contribution in [0.15, 0.2) is 40.5 Å². The van der Waals surface area contributed by atoms with Crippen molar-refractivity contribution in [2.75, 3.05) is 24.7 Å². The molecular formula is C23H29F6N5O6P2S. The molecule has 3 aromatic rings. The molecule has 0 saturated carbocycles. The Labute approximate surface area is 246 Å². The fourth-order valence-electron chi connectivity index (χ4n) is 3.86. The number of aromatic nitrogens is 4. The molecule has 0 aliphatic rings. The minimum Gasteiger partial charge on any atom is -0.494 e. The van der Waals surface area contributed by atoms with Crippen LogP contribution in [-0.4, -0.2) is 72.3 Å². The number of nitrogens with zero attached hydrogens (tertiary/aromatic N) is 4. The highest BCUT2D eigenvalue weighted by Gasteiger charge is 2.55. The normalized spacial score (nSPS) is 16.9. The van der Waals surface area contributed by atoms with Crippen molar-refractivity contribution in [3.05, 3.63) is 30.6 Å². The minimum atomic E-state index is -5.83. The van der Waals surface area contributed by atoms with E-state index in [4.69, 9.17) is 15.2 Å². The van der Waals surface area contributed by atoms with Gasteiger partial charge in [-0.3, -0.25) is 9.13 Å². The number of alkyl halides is 6. The third kappa shape index (κ3) is 10.4. The van der Waals surface area contributed by atoms with Crippen LogP contribution in [0.5, 0.6) is 5.75 Å². The maximum absolute atomic E-state index is 12.9. The van der Waals surface area contributed by atoms with Crippen LogP contribution in [0.25, 0.3) is 11.2 Å². The first-order chi connectivity index (χ1) is 19.8. The maximum atomic E-state index is 12.9. The number of anilines is 1. The van der Waals surface area contributed by atoms with Gasteiger partial charge in [0.2, 0.25) is 26.3 Å². The summed E-state index contributed by atoms with van der Waals surface area (Å²) in [7, 11) is -11.7. The third-order valence-electron chi connectivity index (χ3n) is 5.56. The van der Waals surface area contributed by atoms with Gasteiger partial charge in [0.25, 0.3) is 0 Å². The topological polar surface area (TPSA) is 163 Å². The molecular weight excluding hydrogens is 650 g/mol. The van der Waals surface area contributed by atoms with Gasteiger partial charge in [-0.1, -0.05) is 25.1 Å². The van der Waals surface area contributed by atoms with Gasteiger partial charge in [0.15, 0.2) is 5.65 Å². The van der Waals surface area contributed by atoms with E-state index in [0.717, 1.165) is 24.7 Å². The zero-order valence-corrected chi connectivity index (χ0v) is 25.4. The zero-order valence-electron chi connectivity index (χ0n) is 22.7. The summed E-state index contributed by atoms with van der Waals surface area (Å²) in [6, 6.07) is 7.10. The number of halogens is 6. The number of hydrogen-bond acceptors (Lipinski definition) is 9. The first-order valence-corrected chi connectivity index (χ1v) is 17.2. The van der Waals surface area contributed by atoms with Gasteiger partial charge < -0.3 is 29.6 Å². The Morgan fingerprint density at radius 3 is 2.14 bits per heavy atom. The van der Waals surface area contributed by atoms with E-state index in [1.54, 1.807) is 24.3 Å². The summed E-state index contributed by atoms with van der Waals surface area (Å²) in [6.07, 6.45) is -14.1. The molecule has 3 rings (SSSR count). The molecule has 0 bridgehead atoms. The van der Waals surface area contributed by atoms with Crippen LogP contribution in [0.4, 0.5) is 32.3 Å². The standard InChI is InChI=1S/C23H29F6N5O6P2S/c1-3-4-9-39-15-5-7-16(8-6-15)43-19-17-18(32-20(30)33-19)34(13-31-17)10-14(2)40-21(41(35,36)11-22(24,25)26)42(37,38)12-23(27,28)29/h5-8,13-14,21H,3-4,9-12H2,1-2H3,(H,35,36)(H,37,38)(H2,30,32,33). The summed E-state index contributed by atoms with van der Waals surface area (Å²) in [5.74, 6) is 0.491. The van der Waals surface area contributed by atoms with E-state index in [1.165, 1.54) is 22.7 Å². The molecule has 2 aromatic heterocycles. The zero-order chi connectivity index (χ0) is 32.2. The Morgan fingerprint density at radius 2 is 1.60 bits per heavy atom. The summed E-state index contributed by atoms with van der Waals surface area (Å²) >= 11 is 1.18. The molecule has 0 fully saturated rings. The lowest BCUT2D eigenvalue weighted by molar-refractivity contribution is -0.109. The minimum absolute atomic E-state index is 0.103. The van der Waals surface area contributed by atoms with E-state index >= 15 is 0 Å². The molecule has 20 heteroatoms. The van der Waals surface area contributed by atoms with Gasteiger partial charge >= 0.3 is 12.4 Å². The molecule has 0 saturated heterocycles. The van der Waals surface area contributed by atoms with Crippen LogP contribution in [-0.2, 0) is 20.4 Å². The Kier molecular flexibility index (Phi) is 11.2. The van der Waals surface area contributed by atoms with Gasteiger partial charge in [-0.2, -0.15) is 31.3 Å². The molecule has 0 aliphatic carbocycles. The van der Waals surface area contributed by atoms with Crippen molar-refractivity contribution >= 4 is 43.6 Å². The van der Waals surface area contributed by atoms with Crippen LogP contribution in [0.3, 0.4) is 0 Å². The number of fused-ring (bicyclic) bond motifs is 1. The fourth-order valence-corrected chi connectivity index (χ4v) is 9.62. The number of rotatable bonds is 14. The van der Waals surface area contributed by atoms with E-state index in [2.05, 4.69) is 15.0 Å². The SMILES string of the molecule is CCCCOc1ccc(Sc2nc(N)nc3c2ncn3CC(C)OC(P(=O)(O)CC(F)(F)F)P(=O)(O)CC(F)(F)F)cc1. The third-order valence-corrected chi connectivity index (χ3v) is 12.0. The summed E-state index contributed by atoms with van der Waals surface area (Å²) in [4.78, 5) is 33.3. The number of hydrogen-bond donors (Lipinski definition) is 3. The Morgan fingerprint density at radius 1 is 1.02 bits per heavy atom. The van der Waals surface area contributed by atoms with E-state index in [1.807, 2.05) is 6.92 Å². The monoisotopic (exact) mass is 679 g/mol. The molecule has 3 unspecified atom stereocenters. The highest BCUT2D eigenvalue weighted by molar-refractivity contribution is 7.99. The molecule has 1 aromatic carbocycles. The molecule has 3 atom stereocenters. The van der Waals surface area contributed by atoms with Crippen molar-refractivity contribution in [2.24, 2.45) is 0 Å². The quantitative estimate of drug-likeness (QED) is 0.0782. The van der Waals surface area contributed by atoms with Crippen LogP contribution in [0.2, 0.25) is 0 Å². The van der Waals surface area contributed by atoms with Crippen molar-refractivity contribution in [1.29, 1.82) is 0 Å². The highest BCUT2D eigenvalue weighted by atomic mass is 32.2. The summed E-state index contributed by atoms with van der Waals surface area (Å²) in [5.41, 5.74) is 3.04. The lowest BCUT2D eigenvalue weighted by atomic mass is 10.3. The number of ether oxygens (including phenoxy) is 2. The molecule has 0 aliphatic heterocycles. The smallest absolute Gasteiger partial charge is 0.398 e. The van der Waals surface area contributed by atoms with E-state index < -0.39 is 57.6 Å². The van der Waals surface area contributed by atoms with Gasteiger partial charge in [-0.05, 0) is 37.6 Å². The Balaban J connectivity index is 1.85. The number of unbranched alkanes of at least 4 members (excludes halogenated alkanes) is 1. The second-order valence-electron chi connectivity index (χ2n) is 9.56. The van der Waals surface area contributed by atoms with E-state index in [9.17, 15) is 45.3 Å². The van der Waals surface area contributed by atoms with Crippen molar-refractivity contribution in [3.63, 3.8) is 0 Å². The maximum Gasteiger partial charge on any atom is 0.398 e. The molecule has 0 spiro atoms. The van der Waals surface area contributed by atoms with Gasteiger partial charge in [0.05, 0.1) is 25.6 Å². The van der Waals surface area contributed by atoms with Crippen molar-refractivity contribution in [2.45, 2.75) is 67.2 Å². The van der Waals surface area contributed by atoms with Gasteiger partial charge in [-0.15, -0.1) is 0 Å². The van der Waals surface area contributed by atoms with Crippen molar-refractivity contribution in [1.82, 2.24) is 19.5 Å². The predicted molar refractivity (Wildman–Crippen MR) is 147 cm³/mol. The summed E-state index contributed by atoms with van der Waals surface area (Å²) < 4.78 is 115. The highest BCUT2D eigenvalue weighted by Crippen LogP contribution is 2.67. The number of nitrogens with two attached hydrogens (primary N) is 1. The number of nitrogen functional groups attached to an aromatic ring is 1. The second kappa shape index (κ2) is 13.7. The average Bonchev–Trinajstić information content (AvgIpc) is 3.23.